The number of carboxylic acids is 1. The molecule has 1 heterocycles. The van der Waals surface area contributed by atoms with E-state index in [1.54, 1.807) is 12.1 Å². The number of carbonyl (C=O) groups is 2. The van der Waals surface area contributed by atoms with Crippen LogP contribution in [0.1, 0.15) is 41.3 Å². The Kier molecular flexibility index (Phi) is 3.36. The van der Waals surface area contributed by atoms with E-state index >= 15 is 0 Å². The first-order valence-corrected chi connectivity index (χ1v) is 6.09. The highest BCUT2D eigenvalue weighted by atomic mass is 16.5. The summed E-state index contributed by atoms with van der Waals surface area (Å²) in [5.74, 6) is -0.269. The van der Waals surface area contributed by atoms with Crippen molar-refractivity contribution in [2.45, 2.75) is 39.2 Å². The van der Waals surface area contributed by atoms with Gasteiger partial charge in [-0.15, -0.1) is 0 Å². The zero-order chi connectivity index (χ0) is 13.3. The molecule has 1 unspecified atom stereocenters. The van der Waals surface area contributed by atoms with Crippen LogP contribution in [0.4, 0.5) is 0 Å². The number of carbonyl (C=O) groups excluding carboxylic acids is 1. The van der Waals surface area contributed by atoms with Crippen LogP contribution in [-0.2, 0) is 11.2 Å². The Morgan fingerprint density at radius 1 is 1.44 bits per heavy atom. The van der Waals surface area contributed by atoms with E-state index in [0.29, 0.717) is 24.2 Å². The lowest BCUT2D eigenvalue weighted by molar-refractivity contribution is -0.144. The minimum atomic E-state index is -0.967. The monoisotopic (exact) mass is 248 g/mol. The van der Waals surface area contributed by atoms with E-state index in [-0.39, 0.29) is 5.78 Å². The van der Waals surface area contributed by atoms with Crippen molar-refractivity contribution in [3.05, 3.63) is 28.8 Å². The topological polar surface area (TPSA) is 63.6 Å². The van der Waals surface area contributed by atoms with E-state index in [9.17, 15) is 9.59 Å². The number of rotatable bonds is 4. The third-order valence-electron chi connectivity index (χ3n) is 3.13. The van der Waals surface area contributed by atoms with Crippen LogP contribution in [-0.4, -0.2) is 23.0 Å². The highest BCUT2D eigenvalue weighted by molar-refractivity contribution is 5.98. The maximum absolute atomic E-state index is 11.9. The fourth-order valence-electron chi connectivity index (χ4n) is 2.19. The number of hydrogen-bond donors (Lipinski definition) is 1. The second-order valence-corrected chi connectivity index (χ2v) is 4.60. The van der Waals surface area contributed by atoms with Crippen LogP contribution in [0.2, 0.25) is 0 Å². The van der Waals surface area contributed by atoms with E-state index < -0.39 is 12.1 Å². The third kappa shape index (κ3) is 2.23. The summed E-state index contributed by atoms with van der Waals surface area (Å²) in [6.45, 7) is 3.81. The van der Waals surface area contributed by atoms with Gasteiger partial charge in [0.05, 0.1) is 0 Å². The number of aryl methyl sites for hydroxylation is 1. The molecule has 0 radical (unpaired) electrons. The lowest BCUT2D eigenvalue weighted by Crippen LogP contribution is -2.24. The SMILES string of the molecule is CCCC(=O)c1cc2c(cc1C)OC(C(=O)O)C2. The number of aliphatic carboxylic acids is 1. The summed E-state index contributed by atoms with van der Waals surface area (Å²) in [4.78, 5) is 22.8. The van der Waals surface area contributed by atoms with E-state index in [2.05, 4.69) is 0 Å². The van der Waals surface area contributed by atoms with Crippen LogP contribution in [0, 0.1) is 6.92 Å². The summed E-state index contributed by atoms with van der Waals surface area (Å²) >= 11 is 0. The molecule has 0 aliphatic carbocycles. The first-order chi connectivity index (χ1) is 8.52. The van der Waals surface area contributed by atoms with Gasteiger partial charge in [0.25, 0.3) is 0 Å². The molecule has 4 heteroatoms. The molecule has 18 heavy (non-hydrogen) atoms. The summed E-state index contributed by atoms with van der Waals surface area (Å²) < 4.78 is 5.33. The number of benzene rings is 1. The Balaban J connectivity index is 2.31. The standard InChI is InChI=1S/C14H16O4/c1-3-4-11(15)10-6-9-7-13(14(16)17)18-12(9)5-8(10)2/h5-6,13H,3-4,7H2,1-2H3,(H,16,17). The van der Waals surface area contributed by atoms with Gasteiger partial charge in [0.1, 0.15) is 5.75 Å². The quantitative estimate of drug-likeness (QED) is 0.831. The average Bonchev–Trinajstić information content (AvgIpc) is 2.71. The van der Waals surface area contributed by atoms with Gasteiger partial charge >= 0.3 is 5.97 Å². The smallest absolute Gasteiger partial charge is 0.345 e. The molecule has 1 aliphatic rings. The van der Waals surface area contributed by atoms with Crippen molar-refractivity contribution >= 4 is 11.8 Å². The van der Waals surface area contributed by atoms with E-state index in [0.717, 1.165) is 17.5 Å². The molecule has 0 amide bonds. The third-order valence-corrected chi connectivity index (χ3v) is 3.13. The van der Waals surface area contributed by atoms with Gasteiger partial charge in [0.2, 0.25) is 0 Å². The van der Waals surface area contributed by atoms with E-state index in [1.165, 1.54) is 0 Å². The molecule has 1 atom stereocenters. The van der Waals surface area contributed by atoms with Gasteiger partial charge in [-0.05, 0) is 36.6 Å². The Morgan fingerprint density at radius 2 is 2.17 bits per heavy atom. The molecule has 0 saturated carbocycles. The van der Waals surface area contributed by atoms with Crippen molar-refractivity contribution in [3.63, 3.8) is 0 Å². The number of fused-ring (bicyclic) bond motifs is 1. The Labute approximate surface area is 106 Å². The van der Waals surface area contributed by atoms with Crippen LogP contribution in [0.5, 0.6) is 5.75 Å². The van der Waals surface area contributed by atoms with E-state index in [4.69, 9.17) is 9.84 Å². The molecule has 2 rings (SSSR count). The van der Waals surface area contributed by atoms with Crippen LogP contribution in [0.25, 0.3) is 0 Å². The Bertz CT molecular complexity index is 505. The summed E-state index contributed by atoms with van der Waals surface area (Å²) in [5.41, 5.74) is 2.34. The van der Waals surface area contributed by atoms with Gasteiger partial charge in [-0.3, -0.25) is 4.79 Å². The van der Waals surface area contributed by atoms with Crippen molar-refractivity contribution in [1.82, 2.24) is 0 Å². The molecule has 0 spiro atoms. The van der Waals surface area contributed by atoms with Crippen LogP contribution in [0.3, 0.4) is 0 Å². The lowest BCUT2D eigenvalue weighted by Gasteiger charge is -2.07. The van der Waals surface area contributed by atoms with Crippen LogP contribution in [0.15, 0.2) is 12.1 Å². The van der Waals surface area contributed by atoms with Gasteiger partial charge in [-0.2, -0.15) is 0 Å². The zero-order valence-electron chi connectivity index (χ0n) is 10.5. The highest BCUT2D eigenvalue weighted by Gasteiger charge is 2.29. The lowest BCUT2D eigenvalue weighted by atomic mass is 9.97. The minimum absolute atomic E-state index is 0.108. The molecule has 0 fully saturated rings. The molecule has 96 valence electrons. The molecular formula is C14H16O4. The molecule has 1 aromatic carbocycles. The van der Waals surface area contributed by atoms with Crippen LogP contribution < -0.4 is 4.74 Å². The van der Waals surface area contributed by atoms with Crippen molar-refractivity contribution < 1.29 is 19.4 Å². The molecule has 0 bridgehead atoms. The first-order valence-electron chi connectivity index (χ1n) is 6.09. The number of ketones is 1. The molecule has 1 N–H and O–H groups in total. The summed E-state index contributed by atoms with van der Waals surface area (Å²) in [6.07, 6.45) is 0.833. The number of carboxylic acid groups (broad SMARTS) is 1. The molecule has 4 nitrogen and oxygen atoms in total. The molecule has 1 aliphatic heterocycles. The normalized spacial score (nSPS) is 17.1. The Morgan fingerprint density at radius 3 is 2.78 bits per heavy atom. The summed E-state index contributed by atoms with van der Waals surface area (Å²) in [7, 11) is 0. The highest BCUT2D eigenvalue weighted by Crippen LogP contribution is 2.32. The zero-order valence-corrected chi connectivity index (χ0v) is 10.5. The minimum Gasteiger partial charge on any atom is -0.478 e. The second-order valence-electron chi connectivity index (χ2n) is 4.60. The van der Waals surface area contributed by atoms with Gasteiger partial charge in [-0.1, -0.05) is 6.92 Å². The fraction of sp³-hybridized carbons (Fsp3) is 0.429. The van der Waals surface area contributed by atoms with Gasteiger partial charge in [-0.25, -0.2) is 4.79 Å². The first kappa shape index (κ1) is 12.6. The number of Topliss-reactive ketones (excluding diaryl/α,β-unsaturated/α-hetero) is 1. The van der Waals surface area contributed by atoms with Crippen molar-refractivity contribution in [2.75, 3.05) is 0 Å². The number of ether oxygens (including phenoxy) is 1. The van der Waals surface area contributed by atoms with Crippen molar-refractivity contribution in [1.29, 1.82) is 0 Å². The van der Waals surface area contributed by atoms with Crippen molar-refractivity contribution in [2.24, 2.45) is 0 Å². The van der Waals surface area contributed by atoms with E-state index in [1.807, 2.05) is 13.8 Å². The Hall–Kier alpha value is -1.84. The van der Waals surface area contributed by atoms with Gasteiger partial charge in [0, 0.05) is 18.4 Å². The predicted molar refractivity (Wildman–Crippen MR) is 66.2 cm³/mol. The summed E-state index contributed by atoms with van der Waals surface area (Å²) in [5, 5.41) is 8.93. The maximum atomic E-state index is 11.9. The molecule has 0 saturated heterocycles. The average molecular weight is 248 g/mol. The maximum Gasteiger partial charge on any atom is 0.345 e. The van der Waals surface area contributed by atoms with Crippen molar-refractivity contribution in [3.8, 4) is 5.75 Å². The summed E-state index contributed by atoms with van der Waals surface area (Å²) in [6, 6.07) is 3.55. The van der Waals surface area contributed by atoms with Crippen LogP contribution >= 0.6 is 0 Å². The van der Waals surface area contributed by atoms with Gasteiger partial charge in [0.15, 0.2) is 11.9 Å². The molecule has 1 aromatic rings. The molecule has 0 aromatic heterocycles. The predicted octanol–water partition coefficient (Wildman–Crippen LogP) is 2.37. The molecular weight excluding hydrogens is 232 g/mol. The second kappa shape index (κ2) is 4.80. The largest absolute Gasteiger partial charge is 0.478 e. The van der Waals surface area contributed by atoms with Gasteiger partial charge < -0.3 is 9.84 Å². The fourth-order valence-corrected chi connectivity index (χ4v) is 2.19. The number of hydrogen-bond acceptors (Lipinski definition) is 3.